The number of esters is 2. The Morgan fingerprint density at radius 1 is 0.595 bits per heavy atom. The number of nitrogens with zero attached hydrogens (tertiary/aromatic N) is 4. The third-order valence-corrected chi connectivity index (χ3v) is 14.9. The van der Waals surface area contributed by atoms with Gasteiger partial charge in [-0.15, -0.1) is 13.2 Å². The first-order valence-electron chi connectivity index (χ1n) is 24.7. The van der Waals surface area contributed by atoms with Gasteiger partial charge >= 0.3 is 23.9 Å². The highest BCUT2D eigenvalue weighted by Crippen LogP contribution is 2.44. The van der Waals surface area contributed by atoms with Gasteiger partial charge in [-0.25, -0.2) is 19.2 Å². The Hall–Kier alpha value is -7.50. The van der Waals surface area contributed by atoms with Crippen LogP contribution in [0.3, 0.4) is 0 Å². The molecule has 0 amide bonds. The number of aliphatic hydroxyl groups is 2. The summed E-state index contributed by atoms with van der Waals surface area (Å²) in [5, 5.41) is 42.7. The molecule has 6 saturated heterocycles. The van der Waals surface area contributed by atoms with Crippen molar-refractivity contribution < 1.29 is 58.6 Å². The smallest absolute Gasteiger partial charge is 0.349 e. The fourth-order valence-corrected chi connectivity index (χ4v) is 10.9. The number of pyridine rings is 2. The molecule has 8 heterocycles. The van der Waals surface area contributed by atoms with Crippen molar-refractivity contribution in [2.45, 2.75) is 62.2 Å². The van der Waals surface area contributed by atoms with Crippen molar-refractivity contribution >= 4 is 45.7 Å². The maximum absolute atomic E-state index is 12.0. The van der Waals surface area contributed by atoms with Gasteiger partial charge in [0.05, 0.1) is 48.6 Å². The van der Waals surface area contributed by atoms with Gasteiger partial charge in [0, 0.05) is 48.3 Å². The highest BCUT2D eigenvalue weighted by atomic mass is 16.6. The number of carboxylic acid groups (broad SMARTS) is 2. The van der Waals surface area contributed by atoms with Crippen molar-refractivity contribution in [1.29, 1.82) is 0 Å². The number of rotatable bonds is 15. The quantitative estimate of drug-likeness (QED) is 0.0567. The Morgan fingerprint density at radius 2 is 0.986 bits per heavy atom. The maximum atomic E-state index is 12.0. The molecule has 8 unspecified atom stereocenters. The largest absolute Gasteiger partial charge is 0.497 e. The first-order chi connectivity index (χ1) is 35.8. The van der Waals surface area contributed by atoms with Crippen LogP contribution in [0.2, 0.25) is 0 Å². The Bertz CT molecular complexity index is 2760. The molecule has 386 valence electrons. The van der Waals surface area contributed by atoms with Gasteiger partial charge in [-0.05, 0) is 146 Å². The molecule has 0 spiro atoms. The molecule has 16 nitrogen and oxygen atoms in total. The molecule has 4 bridgehead atoms. The van der Waals surface area contributed by atoms with Crippen molar-refractivity contribution in [2.75, 3.05) is 40.4 Å². The first kappa shape index (κ1) is 52.8. The minimum atomic E-state index is -2.21. The molecular formula is C58H62N4O12. The number of hydrogen-bond acceptors (Lipinski definition) is 14. The second-order valence-electron chi connectivity index (χ2n) is 19.0. The van der Waals surface area contributed by atoms with Crippen molar-refractivity contribution in [3.8, 4) is 11.5 Å². The van der Waals surface area contributed by atoms with Gasteiger partial charge in [0.15, 0.2) is 0 Å². The van der Waals surface area contributed by atoms with E-state index in [-0.39, 0.29) is 23.2 Å². The standard InChI is InChI=1S/2C20H24N2O2.C18H14O8/c2*1-3-13-12-22-9-7-14(13)10-19(22)20(23)16-6-8-21-18-5-4-15(24-2)11-17(16)18;19-15(20)13(25-17(23)11-7-3-1-4-8-11)14(16(21)22)26-18(24)12-9-5-2-6-10-12/h2*3-6,8,11,13-14,19-20,23H,1,7,9-10,12H2,2H3;1-10,13-14H,(H,19,20)(H,21,22)/t2*13-,14?,19?,20?;13-,14-/m001/s1. The first-order valence-corrected chi connectivity index (χ1v) is 24.7. The molecule has 6 aliphatic rings. The zero-order chi connectivity index (χ0) is 52.5. The number of aliphatic carboxylic acids is 2. The number of ether oxygens (including phenoxy) is 4. The second-order valence-corrected chi connectivity index (χ2v) is 19.0. The highest BCUT2D eigenvalue weighted by Gasteiger charge is 2.44. The molecule has 12 rings (SSSR count). The van der Waals surface area contributed by atoms with E-state index in [0.717, 1.165) is 83.5 Å². The fourth-order valence-electron chi connectivity index (χ4n) is 10.9. The highest BCUT2D eigenvalue weighted by molar-refractivity contribution is 5.95. The van der Waals surface area contributed by atoms with Gasteiger partial charge in [-0.1, -0.05) is 48.6 Å². The third kappa shape index (κ3) is 11.8. The lowest BCUT2D eigenvalue weighted by atomic mass is 9.73. The average molecular weight is 1010 g/mol. The molecule has 6 fully saturated rings. The lowest BCUT2D eigenvalue weighted by Gasteiger charge is -2.50. The molecule has 74 heavy (non-hydrogen) atoms. The lowest BCUT2D eigenvalue weighted by molar-refractivity contribution is -0.166. The normalized spacial score (nSPS) is 24.0. The number of carbonyl (C=O) groups is 4. The minimum absolute atomic E-state index is 0.0253. The Labute approximate surface area is 429 Å². The van der Waals surface area contributed by atoms with Crippen LogP contribution in [0.25, 0.3) is 21.8 Å². The molecule has 12 atom stereocenters. The number of carboxylic acids is 2. The number of aliphatic hydroxyl groups excluding tert-OH is 2. The molecule has 0 saturated carbocycles. The Morgan fingerprint density at radius 3 is 1.31 bits per heavy atom. The molecular weight excluding hydrogens is 945 g/mol. The predicted molar refractivity (Wildman–Crippen MR) is 277 cm³/mol. The zero-order valence-corrected chi connectivity index (χ0v) is 41.4. The van der Waals surface area contributed by atoms with Crippen molar-refractivity contribution in [2.24, 2.45) is 23.7 Å². The number of hydrogen-bond donors (Lipinski definition) is 4. The average Bonchev–Trinajstić information content (AvgIpc) is 3.45. The monoisotopic (exact) mass is 1010 g/mol. The Kier molecular flexibility index (Phi) is 17.1. The summed E-state index contributed by atoms with van der Waals surface area (Å²) in [7, 11) is 3.32. The fraction of sp³-hybridized carbons (Fsp3) is 0.345. The number of fused-ring (bicyclic) bond motifs is 8. The van der Waals surface area contributed by atoms with Crippen LogP contribution >= 0.6 is 0 Å². The van der Waals surface area contributed by atoms with Crippen LogP contribution in [-0.4, -0.2) is 129 Å². The van der Waals surface area contributed by atoms with Crippen LogP contribution in [-0.2, 0) is 19.1 Å². The molecule has 2 aromatic heterocycles. The van der Waals surface area contributed by atoms with Gasteiger partial charge in [0.2, 0.25) is 12.2 Å². The summed E-state index contributed by atoms with van der Waals surface area (Å²) >= 11 is 0. The number of benzene rings is 4. The van der Waals surface area contributed by atoms with E-state index in [9.17, 15) is 39.6 Å². The molecule has 4 aromatic carbocycles. The predicted octanol–water partition coefficient (Wildman–Crippen LogP) is 7.95. The summed E-state index contributed by atoms with van der Waals surface area (Å²) in [6.07, 6.45) is 6.81. The molecule has 4 N–H and O–H groups in total. The van der Waals surface area contributed by atoms with Crippen LogP contribution in [0.1, 0.15) is 69.7 Å². The van der Waals surface area contributed by atoms with Crippen LogP contribution in [0, 0.1) is 23.7 Å². The summed E-state index contributed by atoms with van der Waals surface area (Å²) in [5.74, 6) is -1.62. The van der Waals surface area contributed by atoms with Crippen LogP contribution in [0.5, 0.6) is 11.5 Å². The number of aromatic nitrogens is 2. The van der Waals surface area contributed by atoms with E-state index in [1.165, 1.54) is 61.4 Å². The van der Waals surface area contributed by atoms with Gasteiger partial charge < -0.3 is 39.4 Å². The van der Waals surface area contributed by atoms with Crippen LogP contribution in [0.4, 0.5) is 0 Å². The van der Waals surface area contributed by atoms with E-state index in [1.54, 1.807) is 38.7 Å². The van der Waals surface area contributed by atoms with Gasteiger partial charge in [0.1, 0.15) is 11.5 Å². The topological polar surface area (TPSA) is 218 Å². The third-order valence-electron chi connectivity index (χ3n) is 14.9. The minimum Gasteiger partial charge on any atom is -0.497 e. The van der Waals surface area contributed by atoms with E-state index in [0.29, 0.717) is 23.7 Å². The molecule has 6 aromatic rings. The summed E-state index contributed by atoms with van der Waals surface area (Å²) in [4.78, 5) is 60.6. The summed E-state index contributed by atoms with van der Waals surface area (Å²) in [6, 6.07) is 30.7. The summed E-state index contributed by atoms with van der Waals surface area (Å²) < 4.78 is 20.2. The van der Waals surface area contributed by atoms with Crippen molar-refractivity contribution in [1.82, 2.24) is 19.8 Å². The van der Waals surface area contributed by atoms with Gasteiger partial charge in [-0.2, -0.15) is 0 Å². The molecule has 0 radical (unpaired) electrons. The Balaban J connectivity index is 0.000000148. The van der Waals surface area contributed by atoms with E-state index in [1.807, 2.05) is 48.5 Å². The molecule has 16 heteroatoms. The van der Waals surface area contributed by atoms with Crippen LogP contribution in [0.15, 0.2) is 147 Å². The number of piperidine rings is 6. The van der Waals surface area contributed by atoms with Crippen molar-refractivity contribution in [3.05, 3.63) is 169 Å². The molecule has 6 aliphatic heterocycles. The SMILES string of the molecule is C=C[C@H]1CN2CCC1CC2C(O)c1ccnc2ccc(OC)cc12.C=C[C@H]1CN2CCC1CC2C(O)c1ccnc2ccc(OC)cc12.O=C(O[C@@H](C(=O)O)[C@@H](OC(=O)c1ccccc1)C(=O)O)c1ccccc1. The maximum Gasteiger partial charge on any atom is 0.349 e. The van der Waals surface area contributed by atoms with Crippen molar-refractivity contribution in [3.63, 3.8) is 0 Å². The van der Waals surface area contributed by atoms with E-state index < -0.39 is 48.3 Å². The summed E-state index contributed by atoms with van der Waals surface area (Å²) in [6.45, 7) is 12.1. The van der Waals surface area contributed by atoms with E-state index in [4.69, 9.17) is 18.9 Å². The zero-order valence-electron chi connectivity index (χ0n) is 41.4. The lowest BCUT2D eigenvalue weighted by Crippen LogP contribution is -2.54. The van der Waals surface area contributed by atoms with E-state index >= 15 is 0 Å². The number of methoxy groups -OCH3 is 2. The van der Waals surface area contributed by atoms with Gasteiger partial charge in [-0.3, -0.25) is 19.8 Å². The number of carbonyl (C=O) groups excluding carboxylic acids is 2. The van der Waals surface area contributed by atoms with Crippen LogP contribution < -0.4 is 9.47 Å². The second kappa shape index (κ2) is 24.0. The van der Waals surface area contributed by atoms with Gasteiger partial charge in [0.25, 0.3) is 0 Å². The molecule has 0 aliphatic carbocycles. The van der Waals surface area contributed by atoms with E-state index in [2.05, 4.69) is 45.1 Å². The summed E-state index contributed by atoms with van der Waals surface area (Å²) in [5.41, 5.74) is 3.74.